The van der Waals surface area contributed by atoms with Gasteiger partial charge in [0.05, 0.1) is 34.5 Å². The molecule has 1 amide bonds. The van der Waals surface area contributed by atoms with E-state index in [0.717, 1.165) is 67.0 Å². The van der Waals surface area contributed by atoms with Gasteiger partial charge in [0.1, 0.15) is 11.6 Å². The number of ether oxygens (including phenoxy) is 1. The summed E-state index contributed by atoms with van der Waals surface area (Å²) in [5.41, 5.74) is 5.88. The molecule has 0 unspecified atom stereocenters. The Hall–Kier alpha value is -4.21. The lowest BCUT2D eigenvalue weighted by atomic mass is 10.0. The number of amides is 1. The molecule has 2 aliphatic heterocycles. The first kappa shape index (κ1) is 37.5. The number of nitrogens with one attached hydrogen (secondary N) is 2. The standard InChI is InChI=1S/C35H45BrN9O6P/c1-22-7-8-28(32(23(22)2)52(48,50-5)51-6)39-33-27(36)20-37-34(41-33)40-29-17-26(24-19-38-42(3)21-24)30(18-31(29)49-4)44-15-13-43(14-16-44)25-9-11-45(12-10-25)35(46)47/h7-8,17-21,25H,9-16H2,1-6H3,(H,46,47)(H2,37,39,40,41). The quantitative estimate of drug-likeness (QED) is 0.149. The van der Waals surface area contributed by atoms with Crippen LogP contribution in [0.1, 0.15) is 24.0 Å². The first-order valence-corrected chi connectivity index (χ1v) is 19.3. The number of methoxy groups -OCH3 is 1. The molecule has 15 nitrogen and oxygen atoms in total. The number of benzene rings is 2. The molecule has 4 aromatic rings. The number of likely N-dealkylation sites (tertiary alicyclic amines) is 1. The van der Waals surface area contributed by atoms with Crippen LogP contribution in [0.4, 0.5) is 33.6 Å². The van der Waals surface area contributed by atoms with Crippen LogP contribution in [0.15, 0.2) is 47.3 Å². The second-order valence-corrected chi connectivity index (χ2v) is 15.9. The van der Waals surface area contributed by atoms with Crippen molar-refractivity contribution in [2.45, 2.75) is 32.7 Å². The van der Waals surface area contributed by atoms with Crippen molar-refractivity contribution >= 4 is 63.8 Å². The molecule has 17 heteroatoms. The number of carboxylic acid groups (broad SMARTS) is 1. The molecule has 0 aliphatic carbocycles. The van der Waals surface area contributed by atoms with Crippen molar-refractivity contribution in [2.75, 3.05) is 76.1 Å². The molecule has 2 aliphatic rings. The van der Waals surface area contributed by atoms with Gasteiger partial charge in [-0.25, -0.2) is 9.78 Å². The van der Waals surface area contributed by atoms with Crippen LogP contribution in [0.2, 0.25) is 0 Å². The molecular formula is C35H45BrN9O6P. The molecule has 4 heterocycles. The summed E-state index contributed by atoms with van der Waals surface area (Å²) in [6.45, 7) is 8.35. The van der Waals surface area contributed by atoms with E-state index in [0.29, 0.717) is 57.8 Å². The SMILES string of the molecule is COc1cc(N2CCN(C3CCN(C(=O)O)CC3)CC2)c(-c2cnn(C)c2)cc1Nc1ncc(Br)c(Nc2ccc(C)c(C)c2P(=O)(OC)OC)n1. The molecule has 52 heavy (non-hydrogen) atoms. The number of carbonyl (C=O) groups is 1. The number of hydrogen-bond acceptors (Lipinski definition) is 12. The van der Waals surface area contributed by atoms with E-state index in [1.165, 1.54) is 19.1 Å². The number of aromatic nitrogens is 4. The van der Waals surface area contributed by atoms with Crippen LogP contribution in [0.3, 0.4) is 0 Å². The zero-order valence-electron chi connectivity index (χ0n) is 30.2. The topological polar surface area (TPSA) is 159 Å². The fraction of sp³-hybridized carbons (Fsp3) is 0.429. The predicted molar refractivity (Wildman–Crippen MR) is 205 cm³/mol. The summed E-state index contributed by atoms with van der Waals surface area (Å²) in [7, 11) is 2.64. The Morgan fingerprint density at radius 1 is 0.981 bits per heavy atom. The van der Waals surface area contributed by atoms with E-state index in [-0.39, 0.29) is 0 Å². The maximum atomic E-state index is 13.6. The number of piperidine rings is 1. The number of nitrogens with zero attached hydrogens (tertiary/aromatic N) is 7. The first-order valence-electron chi connectivity index (χ1n) is 17.0. The molecule has 2 aromatic heterocycles. The van der Waals surface area contributed by atoms with Crippen LogP contribution < -0.4 is 25.6 Å². The van der Waals surface area contributed by atoms with Gasteiger partial charge >= 0.3 is 13.7 Å². The molecule has 6 rings (SSSR count). The molecule has 3 N–H and O–H groups in total. The molecule has 278 valence electrons. The van der Waals surface area contributed by atoms with Crippen molar-refractivity contribution in [1.29, 1.82) is 0 Å². The second kappa shape index (κ2) is 15.8. The fourth-order valence-electron chi connectivity index (χ4n) is 6.91. The third-order valence-electron chi connectivity index (χ3n) is 9.94. The Morgan fingerprint density at radius 2 is 1.69 bits per heavy atom. The molecule has 2 saturated heterocycles. The van der Waals surface area contributed by atoms with Gasteiger partial charge < -0.3 is 39.3 Å². The minimum absolute atomic E-state index is 0.309. The molecule has 0 spiro atoms. The van der Waals surface area contributed by atoms with Gasteiger partial charge in [0.15, 0.2) is 0 Å². The van der Waals surface area contributed by atoms with Crippen molar-refractivity contribution in [3.05, 3.63) is 58.5 Å². The van der Waals surface area contributed by atoms with Crippen LogP contribution in [0.25, 0.3) is 11.1 Å². The van der Waals surface area contributed by atoms with Gasteiger partial charge in [0, 0.05) is 102 Å². The largest absolute Gasteiger partial charge is 0.494 e. The van der Waals surface area contributed by atoms with E-state index in [1.54, 1.807) is 18.0 Å². The molecule has 0 saturated carbocycles. The summed E-state index contributed by atoms with van der Waals surface area (Å²) in [5, 5.41) is 20.9. The molecule has 2 fully saturated rings. The normalized spacial score (nSPS) is 15.9. The van der Waals surface area contributed by atoms with E-state index >= 15 is 0 Å². The highest BCUT2D eigenvalue weighted by Gasteiger charge is 2.32. The Morgan fingerprint density at radius 3 is 2.31 bits per heavy atom. The molecule has 2 aromatic carbocycles. The Kier molecular flexibility index (Phi) is 11.4. The highest BCUT2D eigenvalue weighted by atomic mass is 79.9. The fourth-order valence-corrected chi connectivity index (χ4v) is 8.73. The number of rotatable bonds is 11. The Balaban J connectivity index is 1.28. The summed E-state index contributed by atoms with van der Waals surface area (Å²) in [6.07, 6.45) is 6.33. The maximum absolute atomic E-state index is 13.6. The molecule has 0 radical (unpaired) electrons. The summed E-state index contributed by atoms with van der Waals surface area (Å²) >= 11 is 3.56. The van der Waals surface area contributed by atoms with Gasteiger partial charge in [0.2, 0.25) is 5.95 Å². The highest BCUT2D eigenvalue weighted by Crippen LogP contribution is 2.49. The van der Waals surface area contributed by atoms with E-state index < -0.39 is 13.7 Å². The summed E-state index contributed by atoms with van der Waals surface area (Å²) in [6, 6.07) is 8.22. The highest BCUT2D eigenvalue weighted by molar-refractivity contribution is 9.10. The number of halogens is 1. The average Bonchev–Trinajstić information content (AvgIpc) is 3.60. The van der Waals surface area contributed by atoms with Crippen LogP contribution in [-0.4, -0.2) is 107 Å². The summed E-state index contributed by atoms with van der Waals surface area (Å²) in [5.74, 6) is 1.36. The minimum atomic E-state index is -3.62. The third kappa shape index (κ3) is 7.76. The molecule has 0 atom stereocenters. The van der Waals surface area contributed by atoms with E-state index in [9.17, 15) is 14.5 Å². The lowest BCUT2D eigenvalue weighted by Crippen LogP contribution is -2.53. The van der Waals surface area contributed by atoms with Crippen molar-refractivity contribution in [3.63, 3.8) is 0 Å². The molecular weight excluding hydrogens is 753 g/mol. The van der Waals surface area contributed by atoms with Crippen molar-refractivity contribution in [3.8, 4) is 16.9 Å². The van der Waals surface area contributed by atoms with Crippen molar-refractivity contribution < 1.29 is 28.3 Å². The van der Waals surface area contributed by atoms with Crippen molar-refractivity contribution in [2.24, 2.45) is 7.05 Å². The minimum Gasteiger partial charge on any atom is -0.494 e. The number of hydrogen-bond donors (Lipinski definition) is 3. The predicted octanol–water partition coefficient (Wildman–Crippen LogP) is 6.13. The zero-order valence-corrected chi connectivity index (χ0v) is 32.7. The number of piperazine rings is 1. The van der Waals surface area contributed by atoms with Crippen molar-refractivity contribution in [1.82, 2.24) is 29.5 Å². The molecule has 0 bridgehead atoms. The van der Waals surface area contributed by atoms with Crippen LogP contribution in [-0.2, 0) is 20.7 Å². The average molecular weight is 799 g/mol. The van der Waals surface area contributed by atoms with Gasteiger partial charge in [-0.15, -0.1) is 0 Å². The van der Waals surface area contributed by atoms with Crippen LogP contribution in [0.5, 0.6) is 5.75 Å². The Labute approximate surface area is 311 Å². The maximum Gasteiger partial charge on any atom is 0.407 e. The lowest BCUT2D eigenvalue weighted by Gasteiger charge is -2.43. The van der Waals surface area contributed by atoms with Gasteiger partial charge in [-0.3, -0.25) is 14.1 Å². The lowest BCUT2D eigenvalue weighted by molar-refractivity contribution is 0.0919. The zero-order chi connectivity index (χ0) is 37.2. The number of anilines is 5. The Bertz CT molecular complexity index is 1970. The van der Waals surface area contributed by atoms with E-state index in [1.807, 2.05) is 57.6 Å². The van der Waals surface area contributed by atoms with Gasteiger partial charge in [-0.2, -0.15) is 10.1 Å². The third-order valence-corrected chi connectivity index (χ3v) is 12.6. The number of aryl methyl sites for hydroxylation is 2. The van der Waals surface area contributed by atoms with E-state index in [2.05, 4.69) is 46.4 Å². The van der Waals surface area contributed by atoms with Gasteiger partial charge in [-0.05, 0) is 65.9 Å². The smallest absolute Gasteiger partial charge is 0.407 e. The first-order chi connectivity index (χ1) is 24.9. The monoisotopic (exact) mass is 797 g/mol. The van der Waals surface area contributed by atoms with Gasteiger partial charge in [0.25, 0.3) is 0 Å². The van der Waals surface area contributed by atoms with E-state index in [4.69, 9.17) is 18.8 Å². The van der Waals surface area contributed by atoms with Gasteiger partial charge in [-0.1, -0.05) is 6.07 Å². The van der Waals surface area contributed by atoms with Crippen LogP contribution in [0, 0.1) is 13.8 Å². The summed E-state index contributed by atoms with van der Waals surface area (Å²) < 4.78 is 32.7. The van der Waals surface area contributed by atoms with Crippen LogP contribution >= 0.6 is 23.5 Å². The summed E-state index contributed by atoms with van der Waals surface area (Å²) in [4.78, 5) is 27.1. The second-order valence-electron chi connectivity index (χ2n) is 12.9.